The van der Waals surface area contributed by atoms with Gasteiger partial charge in [0.25, 0.3) is 22.7 Å². The molecule has 0 aromatic heterocycles. The first-order valence-electron chi connectivity index (χ1n) is 9.69. The molecule has 34 heavy (non-hydrogen) atoms. The van der Waals surface area contributed by atoms with Gasteiger partial charge in [-0.05, 0) is 24.3 Å². The molecule has 0 saturated carbocycles. The summed E-state index contributed by atoms with van der Waals surface area (Å²) in [6, 6.07) is 13.3. The Bertz CT molecular complexity index is 1260. The van der Waals surface area contributed by atoms with Gasteiger partial charge in [-0.2, -0.15) is 0 Å². The normalized spacial score (nSPS) is 12.7. The van der Waals surface area contributed by atoms with E-state index in [0.717, 1.165) is 12.1 Å². The Hall–Kier alpha value is -5.14. The van der Waals surface area contributed by atoms with Gasteiger partial charge in [0, 0.05) is 25.2 Å². The molecule has 0 radical (unpaired) electrons. The van der Waals surface area contributed by atoms with E-state index in [1.807, 2.05) is 0 Å². The Kier molecular flexibility index (Phi) is 5.46. The number of fused-ring (bicyclic) bond motifs is 1. The fourth-order valence-electron chi connectivity index (χ4n) is 3.86. The van der Waals surface area contributed by atoms with Gasteiger partial charge in [-0.1, -0.05) is 12.1 Å². The molecule has 0 fully saturated rings. The molecule has 0 N–H and O–H groups in total. The minimum Gasteiger partial charge on any atom is -0.332 e. The molecule has 3 aromatic carbocycles. The number of nitro benzene ring substituents is 4. The van der Waals surface area contributed by atoms with Crippen LogP contribution in [0.1, 0.15) is 0 Å². The first kappa shape index (κ1) is 22.1. The molecular weight excluding hydrogens is 452 g/mol. The molecule has 172 valence electrons. The van der Waals surface area contributed by atoms with E-state index >= 15 is 0 Å². The van der Waals surface area contributed by atoms with Gasteiger partial charge in [0.1, 0.15) is 11.4 Å². The van der Waals surface area contributed by atoms with E-state index in [1.54, 1.807) is 34.1 Å². The molecule has 0 amide bonds. The molecule has 0 aliphatic carbocycles. The highest BCUT2D eigenvalue weighted by atomic mass is 16.6. The van der Waals surface area contributed by atoms with E-state index in [-0.39, 0.29) is 24.5 Å². The van der Waals surface area contributed by atoms with Crippen LogP contribution in [0.15, 0.2) is 60.7 Å². The zero-order chi connectivity index (χ0) is 24.6. The summed E-state index contributed by atoms with van der Waals surface area (Å²) in [5.41, 5.74) is -0.580. The maximum absolute atomic E-state index is 11.7. The molecule has 4 rings (SSSR count). The van der Waals surface area contributed by atoms with Crippen molar-refractivity contribution in [1.82, 2.24) is 0 Å². The van der Waals surface area contributed by atoms with Crippen LogP contribution in [0.2, 0.25) is 0 Å². The molecule has 0 spiro atoms. The Morgan fingerprint density at radius 3 is 1.24 bits per heavy atom. The number of anilines is 4. The van der Waals surface area contributed by atoms with E-state index in [0.29, 0.717) is 11.4 Å². The molecule has 14 heteroatoms. The fraction of sp³-hybridized carbons (Fsp3) is 0.100. The third-order valence-corrected chi connectivity index (χ3v) is 5.33. The summed E-state index contributed by atoms with van der Waals surface area (Å²) < 4.78 is 0. The standard InChI is InChI=1S/C20H14N6O8/c27-23(28)13-5-7-17(19(11-13)25(31)32)21-9-10-22(16-4-2-1-3-15(16)21)18-8-6-14(24(29)30)12-20(18)26(33)34/h1-8,11-12H,9-10H2. The van der Waals surface area contributed by atoms with Crippen LogP contribution in [-0.4, -0.2) is 32.8 Å². The average molecular weight is 466 g/mol. The summed E-state index contributed by atoms with van der Waals surface area (Å²) in [7, 11) is 0. The van der Waals surface area contributed by atoms with Gasteiger partial charge in [0.15, 0.2) is 0 Å². The molecule has 0 atom stereocenters. The molecule has 3 aromatic rings. The molecule has 0 bridgehead atoms. The first-order valence-corrected chi connectivity index (χ1v) is 9.69. The van der Waals surface area contributed by atoms with Crippen molar-refractivity contribution in [2.24, 2.45) is 0 Å². The maximum Gasteiger partial charge on any atom is 0.299 e. The van der Waals surface area contributed by atoms with Crippen molar-refractivity contribution < 1.29 is 19.7 Å². The van der Waals surface area contributed by atoms with Crippen molar-refractivity contribution >= 4 is 45.5 Å². The van der Waals surface area contributed by atoms with Gasteiger partial charge in [-0.3, -0.25) is 40.5 Å². The van der Waals surface area contributed by atoms with Crippen LogP contribution in [0.25, 0.3) is 0 Å². The number of nitrogens with zero attached hydrogens (tertiary/aromatic N) is 6. The number of rotatable bonds is 6. The summed E-state index contributed by atoms with van der Waals surface area (Å²) in [5.74, 6) is 0. The minimum absolute atomic E-state index is 0.126. The molecule has 1 aliphatic heterocycles. The Morgan fingerprint density at radius 2 is 0.912 bits per heavy atom. The lowest BCUT2D eigenvalue weighted by Gasteiger charge is -2.38. The molecule has 1 aliphatic rings. The van der Waals surface area contributed by atoms with E-state index in [1.165, 1.54) is 24.3 Å². The van der Waals surface area contributed by atoms with Gasteiger partial charge in [-0.25, -0.2) is 0 Å². The van der Waals surface area contributed by atoms with Gasteiger partial charge in [-0.15, -0.1) is 0 Å². The summed E-state index contributed by atoms with van der Waals surface area (Å²) >= 11 is 0. The second-order valence-electron chi connectivity index (χ2n) is 7.17. The van der Waals surface area contributed by atoms with E-state index < -0.39 is 42.4 Å². The lowest BCUT2D eigenvalue weighted by atomic mass is 10.1. The van der Waals surface area contributed by atoms with Crippen LogP contribution in [0.3, 0.4) is 0 Å². The van der Waals surface area contributed by atoms with Crippen molar-refractivity contribution in [3.05, 3.63) is 101 Å². The third-order valence-electron chi connectivity index (χ3n) is 5.33. The smallest absolute Gasteiger partial charge is 0.299 e. The number of hydrogen-bond donors (Lipinski definition) is 0. The van der Waals surface area contributed by atoms with E-state index in [2.05, 4.69) is 0 Å². The lowest BCUT2D eigenvalue weighted by Crippen LogP contribution is -2.36. The Morgan fingerprint density at radius 1 is 0.529 bits per heavy atom. The Balaban J connectivity index is 1.84. The number of non-ortho nitro benzene ring substituents is 2. The van der Waals surface area contributed by atoms with Crippen LogP contribution in [0.5, 0.6) is 0 Å². The predicted octanol–water partition coefficient (Wildman–Crippen LogP) is 4.61. The highest BCUT2D eigenvalue weighted by Gasteiger charge is 2.33. The monoisotopic (exact) mass is 466 g/mol. The van der Waals surface area contributed by atoms with Crippen LogP contribution < -0.4 is 9.80 Å². The summed E-state index contributed by atoms with van der Waals surface area (Å²) in [4.78, 5) is 45.8. The fourth-order valence-corrected chi connectivity index (χ4v) is 3.86. The van der Waals surface area contributed by atoms with E-state index in [9.17, 15) is 40.5 Å². The summed E-state index contributed by atoms with van der Waals surface area (Å²) in [6.07, 6.45) is 0. The van der Waals surface area contributed by atoms with Crippen molar-refractivity contribution in [3.8, 4) is 0 Å². The largest absolute Gasteiger partial charge is 0.332 e. The SMILES string of the molecule is O=[N+]([O-])c1ccc(N2CCN(c3ccc([N+](=O)[O-])cc3[N+](=O)[O-])c3ccccc32)c([N+](=O)[O-])c1. The summed E-state index contributed by atoms with van der Waals surface area (Å²) in [6.45, 7) is 0.285. The Labute approximate surface area is 189 Å². The van der Waals surface area contributed by atoms with Gasteiger partial charge in [0.2, 0.25) is 0 Å². The molecule has 1 heterocycles. The highest BCUT2D eigenvalue weighted by Crippen LogP contribution is 2.46. The molecule has 14 nitrogen and oxygen atoms in total. The number of para-hydroxylation sites is 2. The minimum atomic E-state index is -0.726. The topological polar surface area (TPSA) is 179 Å². The maximum atomic E-state index is 11.7. The van der Waals surface area contributed by atoms with Crippen LogP contribution in [-0.2, 0) is 0 Å². The highest BCUT2D eigenvalue weighted by molar-refractivity contribution is 5.88. The number of nitro groups is 4. The van der Waals surface area contributed by atoms with Gasteiger partial charge >= 0.3 is 0 Å². The van der Waals surface area contributed by atoms with Crippen LogP contribution >= 0.6 is 0 Å². The van der Waals surface area contributed by atoms with Crippen molar-refractivity contribution in [3.63, 3.8) is 0 Å². The third kappa shape index (κ3) is 3.79. The van der Waals surface area contributed by atoms with Crippen molar-refractivity contribution in [2.45, 2.75) is 0 Å². The number of benzene rings is 3. The van der Waals surface area contributed by atoms with Crippen LogP contribution in [0, 0.1) is 40.5 Å². The van der Waals surface area contributed by atoms with Crippen molar-refractivity contribution in [1.29, 1.82) is 0 Å². The lowest BCUT2D eigenvalue weighted by molar-refractivity contribution is -0.394. The van der Waals surface area contributed by atoms with Crippen molar-refractivity contribution in [2.75, 3.05) is 22.9 Å². The quantitative estimate of drug-likeness (QED) is 0.368. The molecule has 0 saturated heterocycles. The second kappa shape index (κ2) is 8.42. The first-order chi connectivity index (χ1) is 16.2. The predicted molar refractivity (Wildman–Crippen MR) is 120 cm³/mol. The van der Waals surface area contributed by atoms with Gasteiger partial charge in [0.05, 0.1) is 43.2 Å². The van der Waals surface area contributed by atoms with Gasteiger partial charge < -0.3 is 9.80 Å². The molecule has 0 unspecified atom stereocenters. The van der Waals surface area contributed by atoms with Crippen LogP contribution in [0.4, 0.5) is 45.5 Å². The zero-order valence-corrected chi connectivity index (χ0v) is 17.1. The molecular formula is C20H14N6O8. The second-order valence-corrected chi connectivity index (χ2v) is 7.17. The number of hydrogen-bond acceptors (Lipinski definition) is 10. The zero-order valence-electron chi connectivity index (χ0n) is 17.1. The summed E-state index contributed by atoms with van der Waals surface area (Å²) in [5, 5.41) is 45.5. The van der Waals surface area contributed by atoms with E-state index in [4.69, 9.17) is 0 Å². The average Bonchev–Trinajstić information content (AvgIpc) is 2.82.